The fraction of sp³-hybridized carbons (Fsp3) is 0.692. The highest BCUT2D eigenvalue weighted by atomic mass is 16.5. The minimum absolute atomic E-state index is 0.0669. The van der Waals surface area contributed by atoms with Crippen molar-refractivity contribution >= 4 is 11.6 Å². The number of hydrogen-bond acceptors (Lipinski definition) is 7. The van der Waals surface area contributed by atoms with Gasteiger partial charge in [-0.2, -0.15) is 0 Å². The predicted molar refractivity (Wildman–Crippen MR) is 77.2 cm³/mol. The van der Waals surface area contributed by atoms with Crippen LogP contribution >= 0.6 is 0 Å². The Balaban J connectivity index is 2.11. The monoisotopic (exact) mass is 281 g/mol. The van der Waals surface area contributed by atoms with E-state index in [1.807, 2.05) is 0 Å². The molecule has 1 aliphatic rings. The molecule has 0 amide bonds. The third-order valence-electron chi connectivity index (χ3n) is 3.98. The van der Waals surface area contributed by atoms with E-state index in [4.69, 9.17) is 15.3 Å². The van der Waals surface area contributed by atoms with E-state index in [2.05, 4.69) is 34.6 Å². The summed E-state index contributed by atoms with van der Waals surface area (Å²) in [6.07, 6.45) is 1.23. The van der Waals surface area contributed by atoms with Crippen molar-refractivity contribution in [2.75, 3.05) is 25.0 Å². The van der Waals surface area contributed by atoms with E-state index in [1.54, 1.807) is 20.3 Å². The number of aromatic nitrogens is 2. The van der Waals surface area contributed by atoms with Gasteiger partial charge in [0.05, 0.1) is 6.10 Å². The van der Waals surface area contributed by atoms with Gasteiger partial charge in [0.15, 0.2) is 5.82 Å². The van der Waals surface area contributed by atoms with Gasteiger partial charge >= 0.3 is 0 Å². The molecule has 4 N–H and O–H groups in total. The number of hydrazine groups is 1. The van der Waals surface area contributed by atoms with Gasteiger partial charge in [-0.15, -0.1) is 0 Å². The third-order valence-corrected chi connectivity index (χ3v) is 3.98. The summed E-state index contributed by atoms with van der Waals surface area (Å²) in [5, 5.41) is 3.42. The molecule has 1 aliphatic carbocycles. The Morgan fingerprint density at radius 1 is 1.35 bits per heavy atom. The van der Waals surface area contributed by atoms with Gasteiger partial charge < -0.3 is 20.2 Å². The number of methoxy groups -OCH3 is 2. The first-order valence-electron chi connectivity index (χ1n) is 6.64. The molecule has 1 saturated carbocycles. The van der Waals surface area contributed by atoms with Crippen molar-refractivity contribution in [1.29, 1.82) is 0 Å². The molecule has 1 heterocycles. The Bertz CT molecular complexity index is 466. The standard InChI is InChI=1S/C13H23N5O2/c1-13(2)8(5-9(13)20-4)15-10-6-11(18-14)17-12(16-10)7-19-3/h6,8-9H,5,7,14H2,1-4H3,(H2,15,16,17,18). The first-order valence-corrected chi connectivity index (χ1v) is 6.64. The van der Waals surface area contributed by atoms with Crippen molar-refractivity contribution in [2.24, 2.45) is 11.3 Å². The second-order valence-electron chi connectivity index (χ2n) is 5.61. The Labute approximate surface area is 119 Å². The van der Waals surface area contributed by atoms with Crippen molar-refractivity contribution < 1.29 is 9.47 Å². The van der Waals surface area contributed by atoms with Crippen LogP contribution in [0.4, 0.5) is 11.6 Å². The molecule has 7 heteroatoms. The molecule has 20 heavy (non-hydrogen) atoms. The summed E-state index contributed by atoms with van der Waals surface area (Å²) in [6.45, 7) is 4.71. The van der Waals surface area contributed by atoms with E-state index in [0.717, 1.165) is 12.2 Å². The molecule has 112 valence electrons. The molecule has 2 atom stereocenters. The number of nitrogens with zero attached hydrogens (tertiary/aromatic N) is 2. The number of rotatable bonds is 6. The Morgan fingerprint density at radius 2 is 2.05 bits per heavy atom. The van der Waals surface area contributed by atoms with Crippen LogP contribution in [0.25, 0.3) is 0 Å². The molecule has 0 bridgehead atoms. The van der Waals surface area contributed by atoms with Crippen molar-refractivity contribution in [2.45, 2.75) is 39.0 Å². The minimum atomic E-state index is 0.0669. The summed E-state index contributed by atoms with van der Waals surface area (Å²) in [5.74, 6) is 7.33. The van der Waals surface area contributed by atoms with Crippen molar-refractivity contribution in [3.63, 3.8) is 0 Å². The first kappa shape index (κ1) is 15.0. The van der Waals surface area contributed by atoms with E-state index in [-0.39, 0.29) is 11.5 Å². The normalized spacial score (nSPS) is 24.1. The highest BCUT2D eigenvalue weighted by molar-refractivity contribution is 5.48. The molecular weight excluding hydrogens is 258 g/mol. The van der Waals surface area contributed by atoms with Crippen LogP contribution in [0.5, 0.6) is 0 Å². The minimum Gasteiger partial charge on any atom is -0.381 e. The van der Waals surface area contributed by atoms with Gasteiger partial charge in [-0.1, -0.05) is 13.8 Å². The van der Waals surface area contributed by atoms with Crippen molar-refractivity contribution in [1.82, 2.24) is 9.97 Å². The molecule has 0 spiro atoms. The lowest BCUT2D eigenvalue weighted by Crippen LogP contribution is -2.57. The number of nitrogens with one attached hydrogen (secondary N) is 2. The fourth-order valence-corrected chi connectivity index (χ4v) is 2.55. The third kappa shape index (κ3) is 2.84. The summed E-state index contributed by atoms with van der Waals surface area (Å²) in [4.78, 5) is 8.65. The largest absolute Gasteiger partial charge is 0.381 e. The molecule has 2 rings (SSSR count). The zero-order valence-corrected chi connectivity index (χ0v) is 12.4. The lowest BCUT2D eigenvalue weighted by Gasteiger charge is -2.51. The van der Waals surface area contributed by atoms with E-state index in [9.17, 15) is 0 Å². The number of ether oxygens (including phenoxy) is 2. The lowest BCUT2D eigenvalue weighted by atomic mass is 9.64. The molecule has 7 nitrogen and oxygen atoms in total. The molecule has 2 unspecified atom stereocenters. The summed E-state index contributed by atoms with van der Waals surface area (Å²) >= 11 is 0. The highest BCUT2D eigenvalue weighted by Crippen LogP contribution is 2.43. The molecule has 0 aromatic carbocycles. The molecule has 0 saturated heterocycles. The second kappa shape index (κ2) is 5.90. The number of hydrogen-bond donors (Lipinski definition) is 3. The molecule has 0 aliphatic heterocycles. The number of anilines is 2. The van der Waals surface area contributed by atoms with Gasteiger partial charge in [0.2, 0.25) is 0 Å². The van der Waals surface area contributed by atoms with Crippen LogP contribution in [-0.2, 0) is 16.1 Å². The zero-order valence-electron chi connectivity index (χ0n) is 12.4. The molecule has 1 fully saturated rings. The maximum Gasteiger partial charge on any atom is 0.158 e. The second-order valence-corrected chi connectivity index (χ2v) is 5.61. The Kier molecular flexibility index (Phi) is 4.42. The van der Waals surface area contributed by atoms with Gasteiger partial charge in [-0.3, -0.25) is 0 Å². The van der Waals surface area contributed by atoms with Crippen LogP contribution in [0, 0.1) is 5.41 Å². The lowest BCUT2D eigenvalue weighted by molar-refractivity contribution is -0.0795. The van der Waals surface area contributed by atoms with Gasteiger partial charge in [0.25, 0.3) is 0 Å². The Hall–Kier alpha value is -1.44. The van der Waals surface area contributed by atoms with Gasteiger partial charge in [-0.05, 0) is 6.42 Å². The van der Waals surface area contributed by atoms with E-state index in [0.29, 0.717) is 24.3 Å². The van der Waals surface area contributed by atoms with Gasteiger partial charge in [-0.25, -0.2) is 15.8 Å². The van der Waals surface area contributed by atoms with Crippen LogP contribution in [0.3, 0.4) is 0 Å². The van der Waals surface area contributed by atoms with Gasteiger partial charge in [0.1, 0.15) is 18.2 Å². The maximum absolute atomic E-state index is 5.45. The van der Waals surface area contributed by atoms with E-state index >= 15 is 0 Å². The number of nitrogen functional groups attached to an aromatic ring is 1. The van der Waals surface area contributed by atoms with Crippen LogP contribution in [0.2, 0.25) is 0 Å². The van der Waals surface area contributed by atoms with Crippen molar-refractivity contribution in [3.8, 4) is 0 Å². The highest BCUT2D eigenvalue weighted by Gasteiger charge is 2.48. The summed E-state index contributed by atoms with van der Waals surface area (Å²) in [6, 6.07) is 2.10. The average molecular weight is 281 g/mol. The van der Waals surface area contributed by atoms with Gasteiger partial charge in [0, 0.05) is 31.7 Å². The maximum atomic E-state index is 5.45. The molecule has 1 aromatic heterocycles. The zero-order chi connectivity index (χ0) is 14.8. The molecule has 0 radical (unpaired) electrons. The fourth-order valence-electron chi connectivity index (χ4n) is 2.55. The van der Waals surface area contributed by atoms with E-state index < -0.39 is 0 Å². The molecular formula is C13H23N5O2. The van der Waals surface area contributed by atoms with Crippen LogP contribution in [0.1, 0.15) is 26.1 Å². The quantitative estimate of drug-likeness (QED) is 0.531. The number of nitrogens with two attached hydrogens (primary N) is 1. The topological polar surface area (TPSA) is 94.3 Å². The first-order chi connectivity index (χ1) is 9.51. The summed E-state index contributed by atoms with van der Waals surface area (Å²) < 4.78 is 10.5. The van der Waals surface area contributed by atoms with Crippen LogP contribution in [-0.4, -0.2) is 36.3 Å². The van der Waals surface area contributed by atoms with Crippen LogP contribution in [0.15, 0.2) is 6.07 Å². The SMILES string of the molecule is COCc1nc(NN)cc(NC2CC(OC)C2(C)C)n1. The Morgan fingerprint density at radius 3 is 2.60 bits per heavy atom. The van der Waals surface area contributed by atoms with Crippen LogP contribution < -0.4 is 16.6 Å². The smallest absolute Gasteiger partial charge is 0.158 e. The predicted octanol–water partition coefficient (Wildman–Crippen LogP) is 1.13. The van der Waals surface area contributed by atoms with Crippen molar-refractivity contribution in [3.05, 3.63) is 11.9 Å². The summed E-state index contributed by atoms with van der Waals surface area (Å²) in [7, 11) is 3.36. The van der Waals surface area contributed by atoms with E-state index in [1.165, 1.54) is 0 Å². The molecule has 1 aromatic rings. The summed E-state index contributed by atoms with van der Waals surface area (Å²) in [5.41, 5.74) is 2.61. The average Bonchev–Trinajstić information content (AvgIpc) is 2.43.